The maximum atomic E-state index is 10.9. The van der Waals surface area contributed by atoms with Crippen LogP contribution in [0.25, 0.3) is 0 Å². The molecule has 1 aliphatic heterocycles. The number of carboxylic acids is 1. The van der Waals surface area contributed by atoms with E-state index in [1.165, 1.54) is 0 Å². The van der Waals surface area contributed by atoms with E-state index in [0.717, 1.165) is 38.6 Å². The number of aliphatic carboxylic acids is 1. The van der Waals surface area contributed by atoms with Crippen LogP contribution in [0.3, 0.4) is 0 Å². The third-order valence-electron chi connectivity index (χ3n) is 3.36. The van der Waals surface area contributed by atoms with Gasteiger partial charge >= 0.3 is 5.97 Å². The lowest BCUT2D eigenvalue weighted by molar-refractivity contribution is -0.143. The number of hydrogen-bond donors (Lipinski definition) is 2. The highest BCUT2D eigenvalue weighted by Gasteiger charge is 2.47. The first-order valence-electron chi connectivity index (χ1n) is 4.72. The Balaban J connectivity index is 2.17. The van der Waals surface area contributed by atoms with Crippen LogP contribution in [0.5, 0.6) is 0 Å². The van der Waals surface area contributed by atoms with Gasteiger partial charge in [0.05, 0.1) is 5.92 Å². The van der Waals surface area contributed by atoms with Gasteiger partial charge in [0.15, 0.2) is 0 Å². The van der Waals surface area contributed by atoms with Crippen molar-refractivity contribution in [3.8, 4) is 0 Å². The Morgan fingerprint density at radius 1 is 1.42 bits per heavy atom. The van der Waals surface area contributed by atoms with Crippen LogP contribution in [0.1, 0.15) is 32.1 Å². The van der Waals surface area contributed by atoms with Crippen LogP contribution in [0.4, 0.5) is 0 Å². The van der Waals surface area contributed by atoms with Crippen molar-refractivity contribution in [2.24, 2.45) is 5.92 Å². The van der Waals surface area contributed by atoms with Gasteiger partial charge in [-0.3, -0.25) is 4.79 Å². The summed E-state index contributed by atoms with van der Waals surface area (Å²) in [5.41, 5.74) is -0.0220. The van der Waals surface area contributed by atoms with Crippen LogP contribution in [0.2, 0.25) is 0 Å². The van der Waals surface area contributed by atoms with E-state index < -0.39 is 5.97 Å². The molecule has 1 aliphatic carbocycles. The maximum absolute atomic E-state index is 10.9. The third-order valence-corrected chi connectivity index (χ3v) is 3.36. The highest BCUT2D eigenvalue weighted by Crippen LogP contribution is 2.41. The van der Waals surface area contributed by atoms with Crippen LogP contribution >= 0.6 is 0 Å². The normalized spacial score (nSPS) is 40.8. The van der Waals surface area contributed by atoms with Crippen molar-refractivity contribution in [3.63, 3.8) is 0 Å². The quantitative estimate of drug-likeness (QED) is 0.615. The monoisotopic (exact) mass is 169 g/mol. The zero-order valence-electron chi connectivity index (χ0n) is 7.18. The lowest BCUT2D eigenvalue weighted by Gasteiger charge is -2.28. The van der Waals surface area contributed by atoms with Crippen LogP contribution in [0.15, 0.2) is 0 Å². The van der Waals surface area contributed by atoms with Crippen molar-refractivity contribution in [1.29, 1.82) is 0 Å². The fourth-order valence-corrected chi connectivity index (χ4v) is 2.77. The summed E-state index contributed by atoms with van der Waals surface area (Å²) in [6, 6.07) is 0. The highest BCUT2D eigenvalue weighted by molar-refractivity contribution is 5.72. The van der Waals surface area contributed by atoms with Gasteiger partial charge in [-0.15, -0.1) is 0 Å². The third kappa shape index (κ3) is 1.04. The lowest BCUT2D eigenvalue weighted by Crippen LogP contribution is -2.46. The molecule has 3 heteroatoms. The topological polar surface area (TPSA) is 49.3 Å². The van der Waals surface area contributed by atoms with Crippen molar-refractivity contribution >= 4 is 5.97 Å². The molecule has 1 spiro atoms. The first-order valence-corrected chi connectivity index (χ1v) is 4.72. The van der Waals surface area contributed by atoms with Gasteiger partial charge in [0.1, 0.15) is 0 Å². The van der Waals surface area contributed by atoms with Crippen molar-refractivity contribution in [1.82, 2.24) is 5.32 Å². The molecule has 0 aromatic rings. The van der Waals surface area contributed by atoms with Crippen molar-refractivity contribution in [3.05, 3.63) is 0 Å². The molecule has 68 valence electrons. The average Bonchev–Trinajstić information content (AvgIpc) is 2.61. The van der Waals surface area contributed by atoms with Crippen molar-refractivity contribution in [2.75, 3.05) is 6.54 Å². The summed E-state index contributed by atoms with van der Waals surface area (Å²) >= 11 is 0. The number of hydrogen-bond acceptors (Lipinski definition) is 2. The molecule has 2 rings (SSSR count). The summed E-state index contributed by atoms with van der Waals surface area (Å²) in [5, 5.41) is 12.4. The Labute approximate surface area is 72.2 Å². The minimum absolute atomic E-state index is 0.0220. The van der Waals surface area contributed by atoms with Gasteiger partial charge in [0, 0.05) is 5.54 Å². The van der Waals surface area contributed by atoms with Gasteiger partial charge in [-0.25, -0.2) is 0 Å². The second kappa shape index (κ2) is 2.73. The van der Waals surface area contributed by atoms with Gasteiger partial charge < -0.3 is 10.4 Å². The first-order chi connectivity index (χ1) is 5.75. The summed E-state index contributed by atoms with van der Waals surface area (Å²) < 4.78 is 0. The zero-order valence-corrected chi connectivity index (χ0v) is 7.18. The lowest BCUT2D eigenvalue weighted by atomic mass is 9.86. The summed E-state index contributed by atoms with van der Waals surface area (Å²) in [5.74, 6) is -0.734. The molecule has 3 nitrogen and oxygen atoms in total. The van der Waals surface area contributed by atoms with Crippen LogP contribution in [-0.4, -0.2) is 23.2 Å². The molecule has 0 aromatic heterocycles. The summed E-state index contributed by atoms with van der Waals surface area (Å²) in [6.07, 6.45) is 5.20. The minimum atomic E-state index is -0.609. The predicted octanol–water partition coefficient (Wildman–Crippen LogP) is 0.993. The number of carbonyl (C=O) groups is 1. The molecule has 1 unspecified atom stereocenters. The van der Waals surface area contributed by atoms with E-state index in [9.17, 15) is 4.79 Å². The summed E-state index contributed by atoms with van der Waals surface area (Å²) in [7, 11) is 0. The molecule has 0 radical (unpaired) electrons. The number of nitrogens with one attached hydrogen (secondary N) is 1. The maximum Gasteiger partial charge on any atom is 0.308 e. The Hall–Kier alpha value is -0.570. The fraction of sp³-hybridized carbons (Fsp3) is 0.889. The SMILES string of the molecule is O=C(O)[C@H]1CCCC12CCCN2. The second-order valence-corrected chi connectivity index (χ2v) is 3.97. The fourth-order valence-electron chi connectivity index (χ4n) is 2.77. The number of carboxylic acid groups (broad SMARTS) is 1. The largest absolute Gasteiger partial charge is 0.481 e. The van der Waals surface area contributed by atoms with E-state index in [1.54, 1.807) is 0 Å². The standard InChI is InChI=1S/C9H15NO2/c11-8(12)7-3-1-4-9(7)5-2-6-10-9/h7,10H,1-6H2,(H,11,12)/t7-,9?/m1/s1. The van der Waals surface area contributed by atoms with E-state index in [2.05, 4.69) is 5.32 Å². The zero-order chi connectivity index (χ0) is 8.60. The Morgan fingerprint density at radius 3 is 2.75 bits per heavy atom. The van der Waals surface area contributed by atoms with Crippen LogP contribution in [-0.2, 0) is 4.79 Å². The van der Waals surface area contributed by atoms with E-state index in [1.807, 2.05) is 0 Å². The van der Waals surface area contributed by atoms with E-state index in [4.69, 9.17) is 5.11 Å². The van der Waals surface area contributed by atoms with Crippen LogP contribution < -0.4 is 5.32 Å². The molecular formula is C9H15NO2. The Kier molecular flexibility index (Phi) is 1.83. The van der Waals surface area contributed by atoms with Gasteiger partial charge in [-0.2, -0.15) is 0 Å². The molecule has 2 atom stereocenters. The predicted molar refractivity (Wildman–Crippen MR) is 44.9 cm³/mol. The van der Waals surface area contributed by atoms with Gasteiger partial charge in [0.2, 0.25) is 0 Å². The molecule has 12 heavy (non-hydrogen) atoms. The molecule has 0 aromatic carbocycles. The van der Waals surface area contributed by atoms with Gasteiger partial charge in [0.25, 0.3) is 0 Å². The molecule has 0 amide bonds. The first kappa shape index (κ1) is 8.05. The molecule has 1 heterocycles. The smallest absolute Gasteiger partial charge is 0.308 e. The minimum Gasteiger partial charge on any atom is -0.481 e. The molecule has 0 bridgehead atoms. The summed E-state index contributed by atoms with van der Waals surface area (Å²) in [4.78, 5) is 10.9. The molecular weight excluding hydrogens is 154 g/mol. The highest BCUT2D eigenvalue weighted by atomic mass is 16.4. The molecule has 2 aliphatic rings. The molecule has 1 saturated heterocycles. The van der Waals surface area contributed by atoms with E-state index in [0.29, 0.717) is 0 Å². The molecule has 2 N–H and O–H groups in total. The average molecular weight is 169 g/mol. The summed E-state index contributed by atoms with van der Waals surface area (Å²) in [6.45, 7) is 1.00. The van der Waals surface area contributed by atoms with E-state index >= 15 is 0 Å². The molecule has 1 saturated carbocycles. The second-order valence-electron chi connectivity index (χ2n) is 3.97. The number of rotatable bonds is 1. The van der Waals surface area contributed by atoms with E-state index in [-0.39, 0.29) is 11.5 Å². The van der Waals surface area contributed by atoms with Crippen molar-refractivity contribution in [2.45, 2.75) is 37.6 Å². The van der Waals surface area contributed by atoms with Gasteiger partial charge in [-0.1, -0.05) is 6.42 Å². The Morgan fingerprint density at radius 2 is 2.17 bits per heavy atom. The Bertz CT molecular complexity index is 191. The van der Waals surface area contributed by atoms with Crippen LogP contribution in [0, 0.1) is 5.92 Å². The van der Waals surface area contributed by atoms with Gasteiger partial charge in [-0.05, 0) is 32.2 Å². The molecule has 2 fully saturated rings. The van der Waals surface area contributed by atoms with Crippen molar-refractivity contribution < 1.29 is 9.90 Å².